The van der Waals surface area contributed by atoms with Crippen LogP contribution in [0.5, 0.6) is 11.5 Å². The third kappa shape index (κ3) is 15.5. The quantitative estimate of drug-likeness (QED) is 0.0387. The van der Waals surface area contributed by atoms with Gasteiger partial charge in [0.25, 0.3) is 17.7 Å². The summed E-state index contributed by atoms with van der Waals surface area (Å²) in [5, 5.41) is 61.8. The molecule has 25 heteroatoms. The minimum Gasteiger partial charge on any atom is -0.480 e. The molecule has 2 atom stereocenters. The van der Waals surface area contributed by atoms with Crippen molar-refractivity contribution >= 4 is 64.4 Å². The van der Waals surface area contributed by atoms with E-state index in [1.165, 1.54) is 35.0 Å². The van der Waals surface area contributed by atoms with Gasteiger partial charge in [-0.2, -0.15) is 5.10 Å². The first-order chi connectivity index (χ1) is 31.9. The number of aliphatic carboxylic acids is 5. The summed E-state index contributed by atoms with van der Waals surface area (Å²) in [4.78, 5) is 124. The standard InChI is InChI=1S/C42H52N8O17/c1-2-50-29-18-31-30(66-23-67-31)17-26(29)37(58)36(47-50)40(61)46-15-14-43-32(51)19-48(20-33(52)53)27(41(62)63)10-3-5-12-44-38(59)24-8-7-9-25(16-24)39(60)45-13-6-4-11-28(42(64)65)49(21-34(54)55)22-35(56)57/h7-9,16-18,27-28H,2-6,10-15,19-23H2,1H3,(H,43,51)(H,44,59)(H,45,60)(H,46,61)(H,52,53)(H,54,55)(H,56,57)(H,62,63)(H,64,65)/t27-,28-/m0/s1. The van der Waals surface area contributed by atoms with Crippen LogP contribution in [0, 0.1) is 0 Å². The second kappa shape index (κ2) is 25.1. The molecule has 1 aromatic heterocycles. The first-order valence-electron chi connectivity index (χ1n) is 21.0. The number of carboxylic acid groups (broad SMARTS) is 5. The number of hydrogen-bond donors (Lipinski definition) is 9. The lowest BCUT2D eigenvalue weighted by atomic mass is 10.1. The Balaban J connectivity index is 1.20. The number of carbonyl (C=O) groups is 9. The van der Waals surface area contributed by atoms with Gasteiger partial charge in [-0.1, -0.05) is 6.07 Å². The Morgan fingerprint density at radius 2 is 1.12 bits per heavy atom. The fourth-order valence-corrected chi connectivity index (χ4v) is 7.10. The molecule has 0 saturated carbocycles. The van der Waals surface area contributed by atoms with E-state index in [0.29, 0.717) is 23.6 Å². The highest BCUT2D eigenvalue weighted by atomic mass is 16.7. The van der Waals surface area contributed by atoms with Gasteiger partial charge in [-0.15, -0.1) is 0 Å². The molecule has 9 N–H and O–H groups in total. The van der Waals surface area contributed by atoms with Crippen molar-refractivity contribution in [3.8, 4) is 11.5 Å². The maximum Gasteiger partial charge on any atom is 0.320 e. The maximum atomic E-state index is 13.2. The molecule has 0 spiro atoms. The van der Waals surface area contributed by atoms with Gasteiger partial charge in [0.05, 0.1) is 37.1 Å². The molecular formula is C42H52N8O17. The van der Waals surface area contributed by atoms with Crippen molar-refractivity contribution < 1.29 is 78.2 Å². The highest BCUT2D eigenvalue weighted by Gasteiger charge is 2.30. The summed E-state index contributed by atoms with van der Waals surface area (Å²) in [6.07, 6.45) is 0.783. The summed E-state index contributed by atoms with van der Waals surface area (Å²) in [6.45, 7) is -1.03. The van der Waals surface area contributed by atoms with Crippen LogP contribution in [0.4, 0.5) is 0 Å². The lowest BCUT2D eigenvalue weighted by Gasteiger charge is -2.26. The van der Waals surface area contributed by atoms with Crippen LogP contribution < -0.4 is 36.2 Å². The minimum atomic E-state index is -1.40. The van der Waals surface area contributed by atoms with E-state index in [4.69, 9.17) is 19.7 Å². The van der Waals surface area contributed by atoms with Crippen LogP contribution in [-0.4, -0.2) is 170 Å². The number of hydrogen-bond acceptors (Lipinski definition) is 15. The van der Waals surface area contributed by atoms with Crippen molar-refractivity contribution in [2.24, 2.45) is 0 Å². The molecular weight excluding hydrogens is 889 g/mol. The van der Waals surface area contributed by atoms with Gasteiger partial charge < -0.3 is 56.3 Å². The molecule has 0 radical (unpaired) electrons. The lowest BCUT2D eigenvalue weighted by Crippen LogP contribution is -2.49. The van der Waals surface area contributed by atoms with Gasteiger partial charge in [0.15, 0.2) is 17.2 Å². The molecule has 0 aliphatic carbocycles. The molecule has 2 heterocycles. The van der Waals surface area contributed by atoms with Crippen molar-refractivity contribution in [2.75, 3.05) is 59.2 Å². The number of carboxylic acids is 5. The monoisotopic (exact) mass is 940 g/mol. The number of nitrogens with zero attached hydrogens (tertiary/aromatic N) is 4. The number of aryl methyl sites for hydroxylation is 1. The number of ether oxygens (including phenoxy) is 2. The summed E-state index contributed by atoms with van der Waals surface area (Å²) >= 11 is 0. The largest absolute Gasteiger partial charge is 0.480 e. The molecule has 1 aliphatic rings. The molecule has 4 amide bonds. The lowest BCUT2D eigenvalue weighted by molar-refractivity contribution is -0.151. The molecule has 2 aromatic carbocycles. The number of rotatable bonds is 29. The summed E-state index contributed by atoms with van der Waals surface area (Å²) in [7, 11) is 0. The van der Waals surface area contributed by atoms with Crippen LogP contribution in [0.2, 0.25) is 0 Å². The number of fused-ring (bicyclic) bond motifs is 2. The van der Waals surface area contributed by atoms with Crippen LogP contribution >= 0.6 is 0 Å². The molecule has 0 bridgehead atoms. The predicted octanol–water partition coefficient (Wildman–Crippen LogP) is -0.744. The Hall–Kier alpha value is -7.67. The number of benzene rings is 2. The van der Waals surface area contributed by atoms with Crippen LogP contribution in [0.15, 0.2) is 41.2 Å². The number of amides is 4. The number of nitrogens with one attached hydrogen (secondary N) is 4. The number of unbranched alkanes of at least 4 members (excludes halogenated alkanes) is 2. The highest BCUT2D eigenvalue weighted by Crippen LogP contribution is 2.35. The Morgan fingerprint density at radius 1 is 0.642 bits per heavy atom. The Morgan fingerprint density at radius 3 is 1.61 bits per heavy atom. The third-order valence-corrected chi connectivity index (χ3v) is 10.3. The van der Waals surface area contributed by atoms with Gasteiger partial charge in [0.2, 0.25) is 18.1 Å². The summed E-state index contributed by atoms with van der Waals surface area (Å²) < 4.78 is 12.2. The van der Waals surface area contributed by atoms with E-state index in [1.807, 2.05) is 0 Å². The van der Waals surface area contributed by atoms with Crippen molar-refractivity contribution in [3.05, 3.63) is 63.4 Å². The van der Waals surface area contributed by atoms with Crippen LogP contribution in [-0.2, 0) is 35.3 Å². The molecule has 4 rings (SSSR count). The fraction of sp³-hybridized carbons (Fsp3) is 0.452. The maximum absolute atomic E-state index is 13.2. The van der Waals surface area contributed by atoms with Crippen molar-refractivity contribution in [2.45, 2.75) is 64.1 Å². The second-order valence-corrected chi connectivity index (χ2v) is 15.1. The zero-order chi connectivity index (χ0) is 49.2. The molecule has 67 heavy (non-hydrogen) atoms. The average molecular weight is 941 g/mol. The first-order valence-corrected chi connectivity index (χ1v) is 21.0. The summed E-state index contributed by atoms with van der Waals surface area (Å²) in [5.41, 5.74) is -0.326. The van der Waals surface area contributed by atoms with E-state index < -0.39 is 103 Å². The molecule has 0 unspecified atom stereocenters. The average Bonchev–Trinajstić information content (AvgIpc) is 3.73. The second-order valence-electron chi connectivity index (χ2n) is 15.1. The van der Waals surface area contributed by atoms with Crippen molar-refractivity contribution in [1.82, 2.24) is 40.8 Å². The van der Waals surface area contributed by atoms with Gasteiger partial charge in [-0.25, -0.2) is 0 Å². The Kier molecular flexibility index (Phi) is 19.5. The first kappa shape index (κ1) is 52.0. The van der Waals surface area contributed by atoms with Gasteiger partial charge >= 0.3 is 29.8 Å². The van der Waals surface area contributed by atoms with Crippen LogP contribution in [0.1, 0.15) is 76.7 Å². The van der Waals surface area contributed by atoms with E-state index in [2.05, 4.69) is 26.4 Å². The fourth-order valence-electron chi connectivity index (χ4n) is 7.10. The molecule has 0 saturated heterocycles. The van der Waals surface area contributed by atoms with Crippen LogP contribution in [0.3, 0.4) is 0 Å². The van der Waals surface area contributed by atoms with E-state index in [0.717, 1.165) is 9.80 Å². The zero-order valence-electron chi connectivity index (χ0n) is 36.4. The molecule has 3 aromatic rings. The van der Waals surface area contributed by atoms with Crippen molar-refractivity contribution in [1.29, 1.82) is 0 Å². The minimum absolute atomic E-state index is 0.0196. The predicted molar refractivity (Wildman–Crippen MR) is 231 cm³/mol. The zero-order valence-corrected chi connectivity index (χ0v) is 36.4. The van der Waals surface area contributed by atoms with Crippen molar-refractivity contribution in [3.63, 3.8) is 0 Å². The van der Waals surface area contributed by atoms with E-state index >= 15 is 0 Å². The SMILES string of the molecule is CCn1nc(C(=O)NCCNC(=O)CN(CC(=O)O)[C@@H](CCCCNC(=O)c2cccc(C(=O)NCCCC[C@@H](C(=O)O)N(CC(=O)O)CC(=O)O)c2)C(=O)O)c(=O)c2cc3c(cc21)OCO3. The Labute approximate surface area is 381 Å². The van der Waals surface area contributed by atoms with E-state index in [-0.39, 0.29) is 88.0 Å². The van der Waals surface area contributed by atoms with Gasteiger partial charge in [0, 0.05) is 49.9 Å². The van der Waals surface area contributed by atoms with Crippen LogP contribution in [0.25, 0.3) is 10.9 Å². The molecule has 362 valence electrons. The molecule has 1 aliphatic heterocycles. The third-order valence-electron chi connectivity index (χ3n) is 10.3. The van der Waals surface area contributed by atoms with E-state index in [9.17, 15) is 63.3 Å². The van der Waals surface area contributed by atoms with Gasteiger partial charge in [-0.05, 0) is 69.7 Å². The van der Waals surface area contributed by atoms with Gasteiger partial charge in [0.1, 0.15) is 12.1 Å². The summed E-state index contributed by atoms with van der Waals surface area (Å²) in [6, 6.07) is 6.05. The normalized spacial score (nSPS) is 12.6. The summed E-state index contributed by atoms with van der Waals surface area (Å²) in [5.74, 6) is -8.77. The molecule has 25 nitrogen and oxygen atoms in total. The highest BCUT2D eigenvalue weighted by molar-refractivity contribution is 6.00. The molecule has 0 fully saturated rings. The number of aromatic nitrogens is 2. The smallest absolute Gasteiger partial charge is 0.320 e. The van der Waals surface area contributed by atoms with Gasteiger partial charge in [-0.3, -0.25) is 62.4 Å². The topological polar surface area (TPSA) is 363 Å². The number of carbonyl (C=O) groups excluding carboxylic acids is 4. The van der Waals surface area contributed by atoms with E-state index in [1.54, 1.807) is 13.0 Å². The Bertz CT molecular complexity index is 2390.